The molecule has 1 aliphatic carbocycles. The number of hydrogen-bond donors (Lipinski definition) is 0. The van der Waals surface area contributed by atoms with Gasteiger partial charge in [0, 0.05) is 17.7 Å². The van der Waals surface area contributed by atoms with Gasteiger partial charge in [0.1, 0.15) is 5.15 Å². The Bertz CT molecular complexity index is 493. The van der Waals surface area contributed by atoms with E-state index in [1.807, 2.05) is 0 Å². The Hall–Kier alpha value is -1.42. The average molecular weight is 222 g/mol. The zero-order valence-electron chi connectivity index (χ0n) is 7.85. The van der Waals surface area contributed by atoms with Crippen molar-refractivity contribution in [3.8, 4) is 11.5 Å². The Balaban J connectivity index is 1.97. The van der Waals surface area contributed by atoms with Gasteiger partial charge in [0.15, 0.2) is 5.82 Å². The summed E-state index contributed by atoms with van der Waals surface area (Å²) in [5.74, 6) is 1.82. The number of pyridine rings is 1. The lowest BCUT2D eigenvalue weighted by Crippen LogP contribution is -1.83. The molecule has 76 valence electrons. The van der Waals surface area contributed by atoms with Crippen molar-refractivity contribution in [2.75, 3.05) is 0 Å². The molecule has 2 aromatic heterocycles. The Labute approximate surface area is 91.3 Å². The predicted octanol–water partition coefficient (Wildman–Crippen LogP) is 2.66. The minimum atomic E-state index is 0.429. The van der Waals surface area contributed by atoms with E-state index in [2.05, 4.69) is 15.1 Å². The van der Waals surface area contributed by atoms with Crippen LogP contribution in [0.3, 0.4) is 0 Å². The molecule has 0 aromatic carbocycles. The van der Waals surface area contributed by atoms with Crippen molar-refractivity contribution in [1.29, 1.82) is 0 Å². The smallest absolute Gasteiger partial charge is 0.258 e. The van der Waals surface area contributed by atoms with Crippen LogP contribution in [0, 0.1) is 0 Å². The largest absolute Gasteiger partial charge is 0.334 e. The molecule has 15 heavy (non-hydrogen) atoms. The van der Waals surface area contributed by atoms with Crippen molar-refractivity contribution in [3.63, 3.8) is 0 Å². The average Bonchev–Trinajstić information content (AvgIpc) is 2.97. The second kappa shape index (κ2) is 3.31. The number of hydrogen-bond acceptors (Lipinski definition) is 4. The van der Waals surface area contributed by atoms with Gasteiger partial charge in [-0.1, -0.05) is 16.8 Å². The van der Waals surface area contributed by atoms with Crippen LogP contribution in [0.2, 0.25) is 5.15 Å². The fourth-order valence-corrected chi connectivity index (χ4v) is 1.57. The van der Waals surface area contributed by atoms with Crippen LogP contribution in [0.25, 0.3) is 11.5 Å². The van der Waals surface area contributed by atoms with Gasteiger partial charge < -0.3 is 4.52 Å². The van der Waals surface area contributed by atoms with Crippen LogP contribution in [0.5, 0.6) is 0 Å². The quantitative estimate of drug-likeness (QED) is 0.732. The summed E-state index contributed by atoms with van der Waals surface area (Å²) < 4.78 is 5.16. The van der Waals surface area contributed by atoms with Crippen molar-refractivity contribution >= 4 is 11.6 Å². The van der Waals surface area contributed by atoms with E-state index in [9.17, 15) is 0 Å². The summed E-state index contributed by atoms with van der Waals surface area (Å²) in [5.41, 5.74) is 0.814. The monoisotopic (exact) mass is 221 g/mol. The van der Waals surface area contributed by atoms with Crippen LogP contribution >= 0.6 is 11.6 Å². The molecular formula is C10H8ClN3O. The third kappa shape index (κ3) is 1.72. The molecule has 4 nitrogen and oxygen atoms in total. The number of halogens is 1. The maximum absolute atomic E-state index is 5.78. The topological polar surface area (TPSA) is 51.8 Å². The van der Waals surface area contributed by atoms with Crippen LogP contribution in [-0.2, 0) is 0 Å². The maximum Gasteiger partial charge on any atom is 0.258 e. The zero-order chi connectivity index (χ0) is 10.3. The van der Waals surface area contributed by atoms with E-state index in [-0.39, 0.29) is 0 Å². The van der Waals surface area contributed by atoms with Gasteiger partial charge in [0.25, 0.3) is 5.89 Å². The molecule has 3 rings (SSSR count). The van der Waals surface area contributed by atoms with Gasteiger partial charge >= 0.3 is 0 Å². The van der Waals surface area contributed by atoms with Crippen LogP contribution in [0.1, 0.15) is 24.6 Å². The van der Waals surface area contributed by atoms with E-state index in [1.54, 1.807) is 18.3 Å². The van der Waals surface area contributed by atoms with Crippen LogP contribution < -0.4 is 0 Å². The van der Waals surface area contributed by atoms with Gasteiger partial charge in [-0.2, -0.15) is 4.98 Å². The van der Waals surface area contributed by atoms with Crippen LogP contribution in [0.4, 0.5) is 0 Å². The third-order valence-electron chi connectivity index (χ3n) is 2.36. The minimum absolute atomic E-state index is 0.429. The first-order valence-electron chi connectivity index (χ1n) is 4.78. The van der Waals surface area contributed by atoms with Crippen LogP contribution in [-0.4, -0.2) is 15.1 Å². The minimum Gasteiger partial charge on any atom is -0.334 e. The van der Waals surface area contributed by atoms with Gasteiger partial charge in [-0.15, -0.1) is 0 Å². The first-order chi connectivity index (χ1) is 7.33. The lowest BCUT2D eigenvalue weighted by Gasteiger charge is -1.92. The molecule has 1 fully saturated rings. The highest BCUT2D eigenvalue weighted by Crippen LogP contribution is 2.38. The fraction of sp³-hybridized carbons (Fsp3) is 0.300. The lowest BCUT2D eigenvalue weighted by atomic mass is 10.3. The summed E-state index contributed by atoms with van der Waals surface area (Å²) >= 11 is 5.78. The maximum atomic E-state index is 5.78. The summed E-state index contributed by atoms with van der Waals surface area (Å²) in [6.45, 7) is 0. The van der Waals surface area contributed by atoms with Crippen molar-refractivity contribution < 1.29 is 4.52 Å². The van der Waals surface area contributed by atoms with E-state index < -0.39 is 0 Å². The molecule has 0 atom stereocenters. The molecule has 0 bridgehead atoms. The van der Waals surface area contributed by atoms with Crippen molar-refractivity contribution in [1.82, 2.24) is 15.1 Å². The molecule has 0 N–H and O–H groups in total. The van der Waals surface area contributed by atoms with Gasteiger partial charge in [-0.05, 0) is 25.0 Å². The highest BCUT2D eigenvalue weighted by molar-refractivity contribution is 6.29. The molecule has 0 spiro atoms. The molecular weight excluding hydrogens is 214 g/mol. The molecule has 1 aliphatic rings. The molecule has 0 radical (unpaired) electrons. The Morgan fingerprint density at radius 3 is 3.00 bits per heavy atom. The predicted molar refractivity (Wildman–Crippen MR) is 54.5 cm³/mol. The van der Waals surface area contributed by atoms with E-state index >= 15 is 0 Å². The normalized spacial score (nSPS) is 15.5. The summed E-state index contributed by atoms with van der Waals surface area (Å²) in [6, 6.07) is 3.52. The highest BCUT2D eigenvalue weighted by Gasteiger charge is 2.28. The summed E-state index contributed by atoms with van der Waals surface area (Å²) in [5, 5.41) is 4.36. The summed E-state index contributed by atoms with van der Waals surface area (Å²) in [7, 11) is 0. The fourth-order valence-electron chi connectivity index (χ4n) is 1.39. The lowest BCUT2D eigenvalue weighted by molar-refractivity contribution is 0.422. The molecule has 1 saturated carbocycles. The number of rotatable bonds is 2. The zero-order valence-corrected chi connectivity index (χ0v) is 8.61. The Kier molecular flexibility index (Phi) is 1.95. The first-order valence-corrected chi connectivity index (χ1v) is 5.16. The standard InChI is InChI=1S/C10H8ClN3O/c11-8-5-7(3-4-12-8)10-13-9(14-15-10)6-1-2-6/h3-6H,1-2H2. The van der Waals surface area contributed by atoms with E-state index in [1.165, 1.54) is 0 Å². The number of aromatic nitrogens is 3. The summed E-state index contributed by atoms with van der Waals surface area (Å²) in [6.07, 6.45) is 3.95. The molecule has 0 amide bonds. The Morgan fingerprint density at radius 1 is 1.40 bits per heavy atom. The van der Waals surface area contributed by atoms with E-state index in [0.717, 1.165) is 24.2 Å². The van der Waals surface area contributed by atoms with Gasteiger partial charge in [0.05, 0.1) is 0 Å². The molecule has 0 aliphatic heterocycles. The van der Waals surface area contributed by atoms with Crippen molar-refractivity contribution in [2.45, 2.75) is 18.8 Å². The Morgan fingerprint density at radius 2 is 2.27 bits per heavy atom. The molecule has 0 saturated heterocycles. The second-order valence-electron chi connectivity index (χ2n) is 3.60. The number of nitrogens with zero attached hydrogens (tertiary/aromatic N) is 3. The van der Waals surface area contributed by atoms with Gasteiger partial charge in [-0.25, -0.2) is 4.98 Å². The van der Waals surface area contributed by atoms with Crippen molar-refractivity contribution in [3.05, 3.63) is 29.3 Å². The third-order valence-corrected chi connectivity index (χ3v) is 2.56. The molecule has 2 heterocycles. The van der Waals surface area contributed by atoms with Gasteiger partial charge in [0.2, 0.25) is 0 Å². The molecule has 2 aromatic rings. The van der Waals surface area contributed by atoms with Gasteiger partial charge in [-0.3, -0.25) is 0 Å². The second-order valence-corrected chi connectivity index (χ2v) is 3.99. The van der Waals surface area contributed by atoms with Crippen LogP contribution in [0.15, 0.2) is 22.9 Å². The first kappa shape index (κ1) is 8.85. The highest BCUT2D eigenvalue weighted by atomic mass is 35.5. The summed E-state index contributed by atoms with van der Waals surface area (Å²) in [4.78, 5) is 8.21. The van der Waals surface area contributed by atoms with Crippen molar-refractivity contribution in [2.24, 2.45) is 0 Å². The molecule has 0 unspecified atom stereocenters. The SMILES string of the molecule is Clc1cc(-c2nc(C3CC3)no2)ccn1. The van der Waals surface area contributed by atoms with E-state index in [0.29, 0.717) is 17.0 Å². The molecule has 5 heteroatoms. The van der Waals surface area contributed by atoms with E-state index in [4.69, 9.17) is 16.1 Å².